The average molecular weight is 555 g/mol. The van der Waals surface area contributed by atoms with Crippen LogP contribution in [0.15, 0.2) is 84.6 Å². The zero-order chi connectivity index (χ0) is 29.7. The van der Waals surface area contributed by atoms with Crippen LogP contribution >= 0.6 is 0 Å². The molecule has 216 valence electrons. The molecule has 8 heteroatoms. The van der Waals surface area contributed by atoms with Gasteiger partial charge >= 0.3 is 12.4 Å². The molecular weight excluding hydrogens is 514 g/mol. The summed E-state index contributed by atoms with van der Waals surface area (Å²) in [7, 11) is 1.50. The molecule has 1 aromatic carbocycles. The van der Waals surface area contributed by atoms with E-state index in [2.05, 4.69) is 17.3 Å². The van der Waals surface area contributed by atoms with Crippen LogP contribution in [0.2, 0.25) is 0 Å². The highest BCUT2D eigenvalue weighted by atomic mass is 19.4. The molecule has 1 atom stereocenters. The molecule has 0 saturated heterocycles. The van der Waals surface area contributed by atoms with E-state index in [0.29, 0.717) is 24.1 Å². The van der Waals surface area contributed by atoms with E-state index in [1.807, 2.05) is 44.2 Å². The van der Waals surface area contributed by atoms with Gasteiger partial charge in [0.1, 0.15) is 0 Å². The van der Waals surface area contributed by atoms with Crippen LogP contribution in [0.5, 0.6) is 0 Å². The third kappa shape index (κ3) is 9.67. The molecule has 39 heavy (non-hydrogen) atoms. The number of aromatic nitrogens is 1. The van der Waals surface area contributed by atoms with Crippen molar-refractivity contribution in [2.45, 2.75) is 77.1 Å². The first-order chi connectivity index (χ1) is 18.5. The van der Waals surface area contributed by atoms with Crippen LogP contribution in [-0.2, 0) is 18.0 Å². The van der Waals surface area contributed by atoms with Gasteiger partial charge in [-0.25, -0.2) is 0 Å². The second kappa shape index (κ2) is 15.7. The number of benzene rings is 1. The number of hydrogen-bond acceptors (Lipinski definition) is 2. The van der Waals surface area contributed by atoms with Crippen molar-refractivity contribution in [3.05, 3.63) is 101 Å². The lowest BCUT2D eigenvalue weighted by Gasteiger charge is -2.38. The van der Waals surface area contributed by atoms with E-state index in [9.17, 15) is 26.3 Å². The highest BCUT2D eigenvalue weighted by molar-refractivity contribution is 5.46. The van der Waals surface area contributed by atoms with Gasteiger partial charge in [-0.05, 0) is 62.1 Å². The van der Waals surface area contributed by atoms with Crippen LogP contribution in [0.3, 0.4) is 0 Å². The summed E-state index contributed by atoms with van der Waals surface area (Å²) in [6.45, 7) is 8.94. The van der Waals surface area contributed by atoms with Gasteiger partial charge in [0, 0.05) is 17.2 Å². The van der Waals surface area contributed by atoms with Crippen molar-refractivity contribution in [1.29, 1.82) is 0 Å². The van der Waals surface area contributed by atoms with E-state index >= 15 is 0 Å². The molecule has 1 aliphatic rings. The van der Waals surface area contributed by atoms with Crippen LogP contribution in [0.4, 0.5) is 26.3 Å². The van der Waals surface area contributed by atoms with Crippen molar-refractivity contribution in [3.63, 3.8) is 0 Å². The minimum atomic E-state index is -4.63. The van der Waals surface area contributed by atoms with Crippen LogP contribution in [0, 0.1) is 5.92 Å². The zero-order valence-corrected chi connectivity index (χ0v) is 23.2. The highest BCUT2D eigenvalue weighted by Crippen LogP contribution is 2.46. The van der Waals surface area contributed by atoms with Gasteiger partial charge in [-0.2, -0.15) is 26.3 Å². The Bertz CT molecular complexity index is 1050. The maximum atomic E-state index is 13.5. The second-order valence-electron chi connectivity index (χ2n) is 9.15. The minimum absolute atomic E-state index is 0.218. The Hall–Kier alpha value is -2.87. The normalized spacial score (nSPS) is 16.1. The molecule has 2 aromatic rings. The predicted octanol–water partition coefficient (Wildman–Crippen LogP) is 9.38. The van der Waals surface area contributed by atoms with Crippen LogP contribution in [0.1, 0.15) is 69.7 Å². The number of alkyl halides is 6. The van der Waals surface area contributed by atoms with Crippen LogP contribution in [-0.4, -0.2) is 18.2 Å². The standard InChI is InChI=1S/C28H29F6N.C2H6.CH5N/c1-3-9-23(16-20(2)27(29,30)31)26(18-22-12-7-8-13-22,17-21-10-5-4-6-11-21)25-15-14-24(19-35-25)28(32,33)34;2*1-2/h3-6,9-11,14-16,19,22H,2,7-8,12-13,17-18H2,1H3;1-2H3;2H2,1H3/b9-3-,23-16+;;. The number of pyridine rings is 1. The first kappa shape index (κ1) is 34.2. The van der Waals surface area contributed by atoms with E-state index in [-0.39, 0.29) is 5.92 Å². The molecule has 1 unspecified atom stereocenters. The summed E-state index contributed by atoms with van der Waals surface area (Å²) < 4.78 is 80.5. The first-order valence-corrected chi connectivity index (χ1v) is 13.2. The molecule has 0 spiro atoms. The van der Waals surface area contributed by atoms with Crippen molar-refractivity contribution in [3.8, 4) is 0 Å². The Morgan fingerprint density at radius 1 is 0.974 bits per heavy atom. The van der Waals surface area contributed by atoms with E-state index in [4.69, 9.17) is 0 Å². The summed E-state index contributed by atoms with van der Waals surface area (Å²) in [6, 6.07) is 11.5. The van der Waals surface area contributed by atoms with Gasteiger partial charge in [0.05, 0.1) is 11.3 Å². The van der Waals surface area contributed by atoms with Crippen molar-refractivity contribution < 1.29 is 26.3 Å². The number of allylic oxidation sites excluding steroid dienone is 5. The lowest BCUT2D eigenvalue weighted by molar-refractivity contribution is -0.137. The molecule has 2 N–H and O–H groups in total. The number of nitrogens with zero attached hydrogens (tertiary/aromatic N) is 1. The van der Waals surface area contributed by atoms with Crippen molar-refractivity contribution in [1.82, 2.24) is 4.98 Å². The van der Waals surface area contributed by atoms with Gasteiger partial charge in [-0.15, -0.1) is 0 Å². The first-order valence-electron chi connectivity index (χ1n) is 13.2. The topological polar surface area (TPSA) is 38.9 Å². The summed E-state index contributed by atoms with van der Waals surface area (Å²) in [5.41, 5.74) is 3.04. The van der Waals surface area contributed by atoms with Gasteiger partial charge in [-0.3, -0.25) is 4.98 Å². The van der Waals surface area contributed by atoms with Gasteiger partial charge in [0.15, 0.2) is 0 Å². The summed E-state index contributed by atoms with van der Waals surface area (Å²) in [5.74, 6) is 0.218. The number of hydrogen-bond donors (Lipinski definition) is 1. The van der Waals surface area contributed by atoms with Crippen LogP contribution in [0.25, 0.3) is 0 Å². The third-order valence-electron chi connectivity index (χ3n) is 6.63. The molecule has 0 radical (unpaired) electrons. The lowest BCUT2D eigenvalue weighted by atomic mass is 9.66. The van der Waals surface area contributed by atoms with E-state index in [1.54, 1.807) is 19.1 Å². The Balaban J connectivity index is 0.00000181. The SMILES string of the molecule is C=C(/C=C(\C=C/C)C(Cc1ccccc1)(CC1CCCC1)c1ccc(C(F)(F)F)cn1)C(F)(F)F.CC.CN. The van der Waals surface area contributed by atoms with E-state index in [0.717, 1.165) is 49.6 Å². The molecule has 1 aliphatic carbocycles. The zero-order valence-electron chi connectivity index (χ0n) is 23.2. The highest BCUT2D eigenvalue weighted by Gasteiger charge is 2.42. The van der Waals surface area contributed by atoms with Gasteiger partial charge in [0.2, 0.25) is 0 Å². The predicted molar refractivity (Wildman–Crippen MR) is 147 cm³/mol. The van der Waals surface area contributed by atoms with Crippen molar-refractivity contribution in [2.24, 2.45) is 11.7 Å². The van der Waals surface area contributed by atoms with Gasteiger partial charge < -0.3 is 5.73 Å². The molecule has 1 saturated carbocycles. The molecule has 0 bridgehead atoms. The smallest absolute Gasteiger partial charge is 0.333 e. The fourth-order valence-corrected chi connectivity index (χ4v) is 4.93. The van der Waals surface area contributed by atoms with E-state index < -0.39 is 28.9 Å². The molecule has 1 fully saturated rings. The monoisotopic (exact) mass is 554 g/mol. The largest absolute Gasteiger partial charge is 0.417 e. The summed E-state index contributed by atoms with van der Waals surface area (Å²) in [6.07, 6.45) is 0.494. The number of halogens is 6. The molecule has 2 nitrogen and oxygen atoms in total. The van der Waals surface area contributed by atoms with Crippen molar-refractivity contribution >= 4 is 0 Å². The fourth-order valence-electron chi connectivity index (χ4n) is 4.93. The van der Waals surface area contributed by atoms with Gasteiger partial charge in [0.25, 0.3) is 0 Å². The average Bonchev–Trinajstić information content (AvgIpc) is 3.43. The number of rotatable bonds is 8. The maximum absolute atomic E-state index is 13.5. The Morgan fingerprint density at radius 3 is 2.03 bits per heavy atom. The molecule has 0 aliphatic heterocycles. The number of nitrogens with two attached hydrogens (primary N) is 1. The Morgan fingerprint density at radius 2 is 1.56 bits per heavy atom. The Labute approximate surface area is 228 Å². The maximum Gasteiger partial charge on any atom is 0.417 e. The lowest BCUT2D eigenvalue weighted by Crippen LogP contribution is -2.35. The minimum Gasteiger partial charge on any atom is -0.333 e. The molecular formula is C31H40F6N2. The summed E-state index contributed by atoms with van der Waals surface area (Å²) in [5, 5.41) is 0. The Kier molecular flexibility index (Phi) is 13.7. The van der Waals surface area contributed by atoms with Gasteiger partial charge in [-0.1, -0.05) is 88.6 Å². The molecule has 0 amide bonds. The molecule has 3 rings (SSSR count). The summed E-state index contributed by atoms with van der Waals surface area (Å²) in [4.78, 5) is 4.22. The van der Waals surface area contributed by atoms with E-state index in [1.165, 1.54) is 13.1 Å². The fraction of sp³-hybridized carbons (Fsp3) is 0.452. The van der Waals surface area contributed by atoms with Crippen molar-refractivity contribution in [2.75, 3.05) is 7.05 Å². The molecule has 1 heterocycles. The molecule has 1 aromatic heterocycles. The van der Waals surface area contributed by atoms with Crippen LogP contribution < -0.4 is 5.73 Å². The quantitative estimate of drug-likeness (QED) is 0.261. The summed E-state index contributed by atoms with van der Waals surface area (Å²) >= 11 is 0. The third-order valence-corrected chi connectivity index (χ3v) is 6.63. The second-order valence-corrected chi connectivity index (χ2v) is 9.15.